The van der Waals surface area contributed by atoms with Gasteiger partial charge in [-0.3, -0.25) is 0 Å². The summed E-state index contributed by atoms with van der Waals surface area (Å²) in [6.07, 6.45) is -8.12. The fraction of sp³-hybridized carbons (Fsp3) is 0.417. The molecule has 0 aliphatic rings. The highest BCUT2D eigenvalue weighted by Crippen LogP contribution is 2.32. The van der Waals surface area contributed by atoms with E-state index in [4.69, 9.17) is 10.2 Å². The Morgan fingerprint density at radius 2 is 1.85 bits per heavy atom. The summed E-state index contributed by atoms with van der Waals surface area (Å²) >= 11 is 0. The smallest absolute Gasteiger partial charge is 0.416 e. The molecule has 8 heteroatoms. The van der Waals surface area contributed by atoms with E-state index < -0.39 is 42.1 Å². The molecule has 4 N–H and O–H groups in total. The molecule has 2 unspecified atom stereocenters. The first-order valence-corrected chi connectivity index (χ1v) is 5.60. The zero-order valence-corrected chi connectivity index (χ0v) is 10.1. The lowest BCUT2D eigenvalue weighted by Crippen LogP contribution is -2.22. The van der Waals surface area contributed by atoms with Gasteiger partial charge in [-0.15, -0.1) is 0 Å². The topological polar surface area (TPSA) is 98.0 Å². The van der Waals surface area contributed by atoms with Crippen LogP contribution in [0.1, 0.15) is 34.0 Å². The van der Waals surface area contributed by atoms with Gasteiger partial charge in [0, 0.05) is 6.61 Å². The lowest BCUT2D eigenvalue weighted by molar-refractivity contribution is -0.137. The number of alkyl halides is 3. The van der Waals surface area contributed by atoms with Crippen LogP contribution < -0.4 is 0 Å². The highest BCUT2D eigenvalue weighted by atomic mass is 19.4. The van der Waals surface area contributed by atoms with Crippen molar-refractivity contribution < 1.29 is 38.4 Å². The van der Waals surface area contributed by atoms with Gasteiger partial charge in [-0.1, -0.05) is 6.07 Å². The van der Waals surface area contributed by atoms with Gasteiger partial charge >= 0.3 is 12.1 Å². The van der Waals surface area contributed by atoms with Gasteiger partial charge in [-0.2, -0.15) is 13.2 Å². The molecule has 0 fully saturated rings. The minimum Gasteiger partial charge on any atom is -0.478 e. The number of carboxylic acids is 1. The molecular formula is C12H13F3O5. The average Bonchev–Trinajstić information content (AvgIpc) is 2.36. The second-order valence-electron chi connectivity index (χ2n) is 4.13. The lowest BCUT2D eigenvalue weighted by atomic mass is 9.95. The van der Waals surface area contributed by atoms with Crippen LogP contribution in [0.25, 0.3) is 0 Å². The maximum atomic E-state index is 12.5. The summed E-state index contributed by atoms with van der Waals surface area (Å²) in [7, 11) is 0. The van der Waals surface area contributed by atoms with Crippen molar-refractivity contribution in [3.8, 4) is 0 Å². The van der Waals surface area contributed by atoms with Crippen LogP contribution in [0.4, 0.5) is 13.2 Å². The molecule has 0 spiro atoms. The molecule has 5 nitrogen and oxygen atoms in total. The number of benzene rings is 1. The van der Waals surface area contributed by atoms with Crippen LogP contribution in [0.3, 0.4) is 0 Å². The Labute approximate surface area is 111 Å². The monoisotopic (exact) mass is 294 g/mol. The maximum Gasteiger partial charge on any atom is 0.416 e. The molecule has 1 rings (SSSR count). The van der Waals surface area contributed by atoms with Crippen LogP contribution in [-0.4, -0.2) is 39.1 Å². The molecule has 0 aromatic heterocycles. The van der Waals surface area contributed by atoms with E-state index >= 15 is 0 Å². The van der Waals surface area contributed by atoms with Crippen LogP contribution in [0.15, 0.2) is 18.2 Å². The Hall–Kier alpha value is -1.64. The molecule has 20 heavy (non-hydrogen) atoms. The van der Waals surface area contributed by atoms with Crippen LogP contribution in [0, 0.1) is 0 Å². The molecule has 0 saturated carbocycles. The third kappa shape index (κ3) is 3.69. The number of aromatic carboxylic acids is 1. The van der Waals surface area contributed by atoms with E-state index in [-0.39, 0.29) is 12.0 Å². The van der Waals surface area contributed by atoms with Crippen molar-refractivity contribution in [1.29, 1.82) is 0 Å². The van der Waals surface area contributed by atoms with E-state index in [9.17, 15) is 28.2 Å². The van der Waals surface area contributed by atoms with Gasteiger partial charge in [-0.25, -0.2) is 4.79 Å². The van der Waals surface area contributed by atoms with Crippen molar-refractivity contribution in [2.24, 2.45) is 0 Å². The SMILES string of the molecule is O=C(O)c1cc(C(F)(F)F)ccc1C(O)C(O)CCO. The average molecular weight is 294 g/mol. The van der Waals surface area contributed by atoms with Gasteiger partial charge in [-0.05, 0) is 24.1 Å². The van der Waals surface area contributed by atoms with Crippen LogP contribution in [0.2, 0.25) is 0 Å². The molecule has 2 atom stereocenters. The first-order valence-electron chi connectivity index (χ1n) is 5.60. The largest absolute Gasteiger partial charge is 0.478 e. The van der Waals surface area contributed by atoms with E-state index in [2.05, 4.69) is 0 Å². The summed E-state index contributed by atoms with van der Waals surface area (Å²) in [6.45, 7) is -0.457. The van der Waals surface area contributed by atoms with E-state index in [1.54, 1.807) is 0 Å². The number of aliphatic hydroxyl groups is 3. The number of rotatable bonds is 5. The molecule has 0 heterocycles. The molecule has 0 aliphatic heterocycles. The van der Waals surface area contributed by atoms with E-state index in [0.29, 0.717) is 12.1 Å². The Morgan fingerprint density at radius 1 is 1.25 bits per heavy atom. The van der Waals surface area contributed by atoms with Gasteiger partial charge < -0.3 is 20.4 Å². The highest BCUT2D eigenvalue weighted by Gasteiger charge is 2.33. The van der Waals surface area contributed by atoms with Gasteiger partial charge in [0.15, 0.2) is 0 Å². The van der Waals surface area contributed by atoms with Crippen molar-refractivity contribution in [1.82, 2.24) is 0 Å². The minimum atomic E-state index is -4.71. The highest BCUT2D eigenvalue weighted by molar-refractivity contribution is 5.89. The molecule has 0 saturated heterocycles. The second kappa shape index (κ2) is 6.21. The summed E-state index contributed by atoms with van der Waals surface area (Å²) in [5.74, 6) is -1.65. The van der Waals surface area contributed by atoms with E-state index in [1.165, 1.54) is 0 Å². The quantitative estimate of drug-likeness (QED) is 0.654. The van der Waals surface area contributed by atoms with Crippen molar-refractivity contribution in [2.45, 2.75) is 24.8 Å². The number of aliphatic hydroxyl groups excluding tert-OH is 3. The molecule has 1 aromatic rings. The standard InChI is InChI=1S/C12H13F3O5/c13-12(14,15)6-1-2-7(8(5-6)11(19)20)10(18)9(17)3-4-16/h1-2,5,9-10,16-18H,3-4H2,(H,19,20). The molecule has 1 aromatic carbocycles. The van der Waals surface area contributed by atoms with Gasteiger partial charge in [0.1, 0.15) is 6.10 Å². The first-order chi connectivity index (χ1) is 9.18. The second-order valence-corrected chi connectivity index (χ2v) is 4.13. The van der Waals surface area contributed by atoms with Crippen molar-refractivity contribution in [3.05, 3.63) is 34.9 Å². The zero-order valence-electron chi connectivity index (χ0n) is 10.1. The molecule has 0 bridgehead atoms. The van der Waals surface area contributed by atoms with Crippen molar-refractivity contribution >= 4 is 5.97 Å². The fourth-order valence-corrected chi connectivity index (χ4v) is 1.67. The van der Waals surface area contributed by atoms with Gasteiger partial charge in [0.2, 0.25) is 0 Å². The molecular weight excluding hydrogens is 281 g/mol. The van der Waals surface area contributed by atoms with Crippen LogP contribution >= 0.6 is 0 Å². The van der Waals surface area contributed by atoms with Gasteiger partial charge in [0.05, 0.1) is 17.2 Å². The number of carbonyl (C=O) groups is 1. The normalized spacial score (nSPS) is 14.9. The minimum absolute atomic E-state index is 0.235. The third-order valence-electron chi connectivity index (χ3n) is 2.72. The predicted molar refractivity (Wildman–Crippen MR) is 61.1 cm³/mol. The molecule has 0 aliphatic carbocycles. The fourth-order valence-electron chi connectivity index (χ4n) is 1.67. The van der Waals surface area contributed by atoms with E-state index in [0.717, 1.165) is 6.07 Å². The van der Waals surface area contributed by atoms with Gasteiger partial charge in [0.25, 0.3) is 0 Å². The zero-order chi connectivity index (χ0) is 15.5. The number of carboxylic acid groups (broad SMARTS) is 1. The number of hydrogen-bond donors (Lipinski definition) is 4. The number of hydrogen-bond acceptors (Lipinski definition) is 4. The maximum absolute atomic E-state index is 12.5. The summed E-state index contributed by atoms with van der Waals surface area (Å²) in [5.41, 5.74) is -2.25. The summed E-state index contributed by atoms with van der Waals surface area (Å²) in [4.78, 5) is 11.0. The summed E-state index contributed by atoms with van der Waals surface area (Å²) in [6, 6.07) is 1.82. The van der Waals surface area contributed by atoms with Crippen LogP contribution in [0.5, 0.6) is 0 Å². The molecule has 0 radical (unpaired) electrons. The Bertz CT molecular complexity index is 486. The Morgan fingerprint density at radius 3 is 2.30 bits per heavy atom. The van der Waals surface area contributed by atoms with Crippen molar-refractivity contribution in [2.75, 3.05) is 6.61 Å². The first kappa shape index (κ1) is 16.4. The van der Waals surface area contributed by atoms with Crippen LogP contribution in [-0.2, 0) is 6.18 Å². The summed E-state index contributed by atoms with van der Waals surface area (Å²) < 4.78 is 37.5. The predicted octanol–water partition coefficient (Wildman–Crippen LogP) is 1.18. The molecule has 112 valence electrons. The van der Waals surface area contributed by atoms with Crippen molar-refractivity contribution in [3.63, 3.8) is 0 Å². The third-order valence-corrected chi connectivity index (χ3v) is 2.72. The lowest BCUT2D eigenvalue weighted by Gasteiger charge is -2.20. The Kier molecular flexibility index (Phi) is 5.09. The Balaban J connectivity index is 3.24. The summed E-state index contributed by atoms with van der Waals surface area (Å²) in [5, 5.41) is 36.8. The molecule has 0 amide bonds. The van der Waals surface area contributed by atoms with E-state index in [1.807, 2.05) is 0 Å². The number of halogens is 3.